The number of nitrogens with zero attached hydrogens (tertiary/aromatic N) is 2. The van der Waals surface area contributed by atoms with Crippen LogP contribution in [0.1, 0.15) is 10.4 Å². The van der Waals surface area contributed by atoms with Gasteiger partial charge >= 0.3 is 5.97 Å². The predicted molar refractivity (Wildman–Crippen MR) is 113 cm³/mol. The van der Waals surface area contributed by atoms with E-state index in [2.05, 4.69) is 10.2 Å². The quantitative estimate of drug-likeness (QED) is 0.672. The van der Waals surface area contributed by atoms with Crippen molar-refractivity contribution in [1.82, 2.24) is 9.62 Å². The molecule has 30 heavy (non-hydrogen) atoms. The number of benzene rings is 2. The van der Waals surface area contributed by atoms with E-state index in [1.165, 1.54) is 29.6 Å². The summed E-state index contributed by atoms with van der Waals surface area (Å²) >= 11 is 6.05. The molecular formula is C20H22ClN3O5S. The summed E-state index contributed by atoms with van der Waals surface area (Å²) in [6, 6.07) is 13.7. The van der Waals surface area contributed by atoms with E-state index in [9.17, 15) is 18.0 Å². The topological polar surface area (TPSA) is 96.0 Å². The molecule has 1 aliphatic heterocycles. The summed E-state index contributed by atoms with van der Waals surface area (Å²) in [6.07, 6.45) is 0. The van der Waals surface area contributed by atoms with Gasteiger partial charge in [0.1, 0.15) is 0 Å². The molecule has 1 saturated heterocycles. The van der Waals surface area contributed by atoms with E-state index in [0.717, 1.165) is 5.69 Å². The molecule has 0 aliphatic carbocycles. The van der Waals surface area contributed by atoms with Gasteiger partial charge in [0.2, 0.25) is 10.0 Å². The molecule has 0 radical (unpaired) electrons. The van der Waals surface area contributed by atoms with Crippen molar-refractivity contribution in [2.24, 2.45) is 0 Å². The number of halogens is 1. The first kappa shape index (κ1) is 22.1. The van der Waals surface area contributed by atoms with Crippen LogP contribution in [0.25, 0.3) is 0 Å². The minimum atomic E-state index is -3.82. The number of carbonyl (C=O) groups is 2. The Morgan fingerprint density at radius 1 is 1.07 bits per heavy atom. The Balaban J connectivity index is 1.73. The number of anilines is 1. The molecule has 0 aromatic heterocycles. The van der Waals surface area contributed by atoms with E-state index in [0.29, 0.717) is 26.2 Å². The van der Waals surface area contributed by atoms with Crippen LogP contribution in [0.4, 0.5) is 5.69 Å². The number of likely N-dealkylation sites (N-methyl/N-ethyl adjacent to an activating group) is 1. The van der Waals surface area contributed by atoms with Gasteiger partial charge in [-0.15, -0.1) is 0 Å². The van der Waals surface area contributed by atoms with Gasteiger partial charge in [0.05, 0.1) is 15.5 Å². The number of nitrogens with one attached hydrogen (secondary N) is 1. The van der Waals surface area contributed by atoms with Crippen molar-refractivity contribution in [3.05, 3.63) is 59.1 Å². The maximum atomic E-state index is 13.1. The third-order valence-electron chi connectivity index (χ3n) is 4.77. The lowest BCUT2D eigenvalue weighted by Crippen LogP contribution is -2.48. The summed E-state index contributed by atoms with van der Waals surface area (Å²) in [5.41, 5.74) is 0.937. The first-order valence-corrected chi connectivity index (χ1v) is 11.1. The Morgan fingerprint density at radius 3 is 2.37 bits per heavy atom. The second-order valence-corrected chi connectivity index (χ2v) is 8.96. The van der Waals surface area contributed by atoms with Gasteiger partial charge in [-0.3, -0.25) is 4.79 Å². The average Bonchev–Trinajstić information content (AvgIpc) is 2.78. The first-order valence-electron chi connectivity index (χ1n) is 9.30. The second kappa shape index (κ2) is 9.46. The van der Waals surface area contributed by atoms with Crippen molar-refractivity contribution in [3.63, 3.8) is 0 Å². The Bertz CT molecular complexity index is 1020. The SMILES string of the molecule is CNC(=O)COC(=O)c1cc(S(=O)(=O)N2CCN(c3ccccc3)CC2)ccc1Cl. The van der Waals surface area contributed by atoms with Crippen LogP contribution < -0.4 is 10.2 Å². The molecule has 0 unspecified atom stereocenters. The average molecular weight is 452 g/mol. The molecule has 0 spiro atoms. The molecule has 1 fully saturated rings. The number of piperazine rings is 1. The molecule has 1 N–H and O–H groups in total. The zero-order valence-corrected chi connectivity index (χ0v) is 17.9. The highest BCUT2D eigenvalue weighted by Gasteiger charge is 2.30. The van der Waals surface area contributed by atoms with Crippen molar-refractivity contribution in [3.8, 4) is 0 Å². The third kappa shape index (κ3) is 4.92. The molecule has 2 aromatic carbocycles. The van der Waals surface area contributed by atoms with Crippen molar-refractivity contribution >= 4 is 39.2 Å². The summed E-state index contributed by atoms with van der Waals surface area (Å²) in [5, 5.41) is 2.37. The van der Waals surface area contributed by atoms with Crippen LogP contribution in [0.3, 0.4) is 0 Å². The number of hydrogen-bond acceptors (Lipinski definition) is 6. The van der Waals surface area contributed by atoms with Crippen LogP contribution in [-0.2, 0) is 19.6 Å². The highest BCUT2D eigenvalue weighted by Crippen LogP contribution is 2.25. The van der Waals surface area contributed by atoms with Crippen LogP contribution in [-0.4, -0.2) is 64.4 Å². The Hall–Kier alpha value is -2.62. The lowest BCUT2D eigenvalue weighted by molar-refractivity contribution is -0.123. The van der Waals surface area contributed by atoms with Gasteiger partial charge < -0.3 is 15.0 Å². The first-order chi connectivity index (χ1) is 14.3. The van der Waals surface area contributed by atoms with E-state index >= 15 is 0 Å². The van der Waals surface area contributed by atoms with Crippen molar-refractivity contribution in [2.75, 3.05) is 44.7 Å². The van der Waals surface area contributed by atoms with Crippen LogP contribution in [0.5, 0.6) is 0 Å². The summed E-state index contributed by atoms with van der Waals surface area (Å²) in [7, 11) is -2.40. The number of sulfonamides is 1. The molecule has 10 heteroatoms. The Labute approximate surface area is 180 Å². The predicted octanol–water partition coefficient (Wildman–Crippen LogP) is 1.75. The molecule has 0 atom stereocenters. The number of esters is 1. The van der Waals surface area contributed by atoms with Gasteiger partial charge in [-0.25, -0.2) is 13.2 Å². The number of ether oxygens (including phenoxy) is 1. The lowest BCUT2D eigenvalue weighted by Gasteiger charge is -2.35. The Kier molecular flexibility index (Phi) is 6.96. The monoisotopic (exact) mass is 451 g/mol. The third-order valence-corrected chi connectivity index (χ3v) is 6.99. The maximum absolute atomic E-state index is 13.1. The molecule has 0 saturated carbocycles. The standard InChI is InChI=1S/C20H22ClN3O5S/c1-22-19(25)14-29-20(26)17-13-16(7-8-18(17)21)30(27,28)24-11-9-23(10-12-24)15-5-3-2-4-6-15/h2-8,13H,9-12,14H2,1H3,(H,22,25). The summed E-state index contributed by atoms with van der Waals surface area (Å²) < 4.78 is 32.4. The fourth-order valence-electron chi connectivity index (χ4n) is 3.08. The zero-order chi connectivity index (χ0) is 21.7. The van der Waals surface area contributed by atoms with E-state index in [4.69, 9.17) is 16.3 Å². The van der Waals surface area contributed by atoms with Gasteiger partial charge in [0, 0.05) is 38.9 Å². The van der Waals surface area contributed by atoms with Crippen LogP contribution in [0.2, 0.25) is 5.02 Å². The largest absolute Gasteiger partial charge is 0.452 e. The molecule has 1 amide bonds. The van der Waals surface area contributed by atoms with Gasteiger partial charge in [-0.05, 0) is 30.3 Å². The van der Waals surface area contributed by atoms with Gasteiger partial charge in [0.15, 0.2) is 6.61 Å². The number of hydrogen-bond donors (Lipinski definition) is 1. The Morgan fingerprint density at radius 2 is 1.73 bits per heavy atom. The molecule has 2 aromatic rings. The van der Waals surface area contributed by atoms with E-state index in [1.807, 2.05) is 30.3 Å². The maximum Gasteiger partial charge on any atom is 0.340 e. The summed E-state index contributed by atoms with van der Waals surface area (Å²) in [6.45, 7) is 1.26. The number of para-hydroxylation sites is 1. The fraction of sp³-hybridized carbons (Fsp3) is 0.300. The zero-order valence-electron chi connectivity index (χ0n) is 16.4. The molecule has 160 valence electrons. The van der Waals surface area contributed by atoms with Gasteiger partial charge in [-0.1, -0.05) is 29.8 Å². The second-order valence-electron chi connectivity index (χ2n) is 6.62. The van der Waals surface area contributed by atoms with Crippen LogP contribution in [0.15, 0.2) is 53.4 Å². The molecule has 8 nitrogen and oxygen atoms in total. The molecule has 1 heterocycles. The van der Waals surface area contributed by atoms with E-state index < -0.39 is 28.5 Å². The number of carbonyl (C=O) groups excluding carboxylic acids is 2. The number of rotatable bonds is 6. The van der Waals surface area contributed by atoms with Gasteiger partial charge in [0.25, 0.3) is 5.91 Å². The van der Waals surface area contributed by atoms with Gasteiger partial charge in [-0.2, -0.15) is 4.31 Å². The molecule has 1 aliphatic rings. The smallest absolute Gasteiger partial charge is 0.340 e. The molecular weight excluding hydrogens is 430 g/mol. The van der Waals surface area contributed by atoms with E-state index in [-0.39, 0.29) is 15.5 Å². The normalized spacial score (nSPS) is 14.9. The minimum absolute atomic E-state index is 0.0461. The summed E-state index contributed by atoms with van der Waals surface area (Å²) in [5.74, 6) is -1.35. The lowest BCUT2D eigenvalue weighted by atomic mass is 10.2. The fourth-order valence-corrected chi connectivity index (χ4v) is 4.72. The highest BCUT2D eigenvalue weighted by molar-refractivity contribution is 7.89. The van der Waals surface area contributed by atoms with Crippen LogP contribution >= 0.6 is 11.6 Å². The minimum Gasteiger partial charge on any atom is -0.452 e. The molecule has 0 bridgehead atoms. The summed E-state index contributed by atoms with van der Waals surface area (Å²) in [4.78, 5) is 25.6. The van der Waals surface area contributed by atoms with Crippen molar-refractivity contribution < 1.29 is 22.7 Å². The van der Waals surface area contributed by atoms with Crippen molar-refractivity contribution in [1.29, 1.82) is 0 Å². The van der Waals surface area contributed by atoms with Crippen LogP contribution in [0, 0.1) is 0 Å². The van der Waals surface area contributed by atoms with Crippen molar-refractivity contribution in [2.45, 2.75) is 4.90 Å². The van der Waals surface area contributed by atoms with E-state index in [1.54, 1.807) is 0 Å². The molecule has 3 rings (SSSR count). The highest BCUT2D eigenvalue weighted by atomic mass is 35.5. The number of amides is 1.